The Morgan fingerprint density at radius 2 is 1.84 bits per heavy atom. The number of hydrogen-bond acceptors (Lipinski definition) is 3. The fourth-order valence-corrected chi connectivity index (χ4v) is 2.86. The van der Waals surface area contributed by atoms with Crippen molar-refractivity contribution in [2.24, 2.45) is 5.92 Å². The van der Waals surface area contributed by atoms with Crippen LogP contribution in [-0.4, -0.2) is 31.9 Å². The van der Waals surface area contributed by atoms with E-state index in [0.29, 0.717) is 18.6 Å². The zero-order valence-electron chi connectivity index (χ0n) is 12.1. The molecule has 0 aromatic heterocycles. The van der Waals surface area contributed by atoms with Crippen molar-refractivity contribution in [3.05, 3.63) is 29.8 Å². The normalized spacial score (nSPS) is 23.3. The van der Waals surface area contributed by atoms with Crippen molar-refractivity contribution in [2.75, 3.05) is 25.6 Å². The summed E-state index contributed by atoms with van der Waals surface area (Å²) in [5, 5.41) is 13.0. The smallest absolute Gasteiger partial charge is 0.0474 e. The highest BCUT2D eigenvalue weighted by Crippen LogP contribution is 2.24. The second-order valence-corrected chi connectivity index (χ2v) is 5.78. The van der Waals surface area contributed by atoms with E-state index >= 15 is 0 Å². The zero-order valence-corrected chi connectivity index (χ0v) is 12.1. The lowest BCUT2D eigenvalue weighted by Crippen LogP contribution is -2.39. The number of aliphatic hydroxyl groups excluding tert-OH is 1. The molecule has 0 aliphatic heterocycles. The lowest BCUT2D eigenvalue weighted by atomic mass is 9.85. The first-order valence-corrected chi connectivity index (χ1v) is 7.31. The third kappa shape index (κ3) is 3.95. The minimum Gasteiger partial charge on any atom is -0.396 e. The highest BCUT2D eigenvalue weighted by Gasteiger charge is 2.23. The number of rotatable bonds is 5. The molecular formula is C16H26N2O. The van der Waals surface area contributed by atoms with Gasteiger partial charge in [-0.25, -0.2) is 0 Å². The number of nitrogens with one attached hydrogen (secondary N) is 1. The van der Waals surface area contributed by atoms with Crippen molar-refractivity contribution in [3.8, 4) is 0 Å². The topological polar surface area (TPSA) is 35.5 Å². The first kappa shape index (κ1) is 14.4. The van der Waals surface area contributed by atoms with Crippen LogP contribution < -0.4 is 10.2 Å². The molecule has 2 atom stereocenters. The van der Waals surface area contributed by atoms with Crippen LogP contribution in [0, 0.1) is 5.92 Å². The van der Waals surface area contributed by atoms with Gasteiger partial charge in [0.2, 0.25) is 0 Å². The summed E-state index contributed by atoms with van der Waals surface area (Å²) in [5.41, 5.74) is 2.54. The maximum absolute atomic E-state index is 9.41. The molecule has 1 aromatic rings. The van der Waals surface area contributed by atoms with E-state index in [0.717, 1.165) is 13.0 Å². The number of nitrogens with zero attached hydrogens (tertiary/aromatic N) is 1. The van der Waals surface area contributed by atoms with Gasteiger partial charge in [-0.05, 0) is 36.5 Å². The molecule has 0 spiro atoms. The standard InChI is InChI=1S/C16H26N2O/c1-18(2)15-9-7-13(8-10-15)11-17-16-6-4-3-5-14(16)12-19/h7-10,14,16-17,19H,3-6,11-12H2,1-2H3. The van der Waals surface area contributed by atoms with Crippen LogP contribution in [0.25, 0.3) is 0 Å². The van der Waals surface area contributed by atoms with Gasteiger partial charge in [0.1, 0.15) is 0 Å². The highest BCUT2D eigenvalue weighted by atomic mass is 16.3. The minimum atomic E-state index is 0.317. The Labute approximate surface area is 116 Å². The summed E-state index contributed by atoms with van der Waals surface area (Å²) in [6.07, 6.45) is 4.91. The van der Waals surface area contributed by atoms with Crippen LogP contribution >= 0.6 is 0 Å². The van der Waals surface area contributed by atoms with Crippen LogP contribution in [0.4, 0.5) is 5.69 Å². The van der Waals surface area contributed by atoms with E-state index in [9.17, 15) is 5.11 Å². The molecule has 2 N–H and O–H groups in total. The Kier molecular flexibility index (Phi) is 5.23. The molecule has 1 aliphatic carbocycles. The maximum Gasteiger partial charge on any atom is 0.0474 e. The first-order chi connectivity index (χ1) is 9.20. The number of benzene rings is 1. The fourth-order valence-electron chi connectivity index (χ4n) is 2.86. The Bertz CT molecular complexity index is 375. The zero-order chi connectivity index (χ0) is 13.7. The van der Waals surface area contributed by atoms with Crippen molar-refractivity contribution in [1.82, 2.24) is 5.32 Å². The van der Waals surface area contributed by atoms with Crippen molar-refractivity contribution >= 4 is 5.69 Å². The number of hydrogen-bond donors (Lipinski definition) is 2. The lowest BCUT2D eigenvalue weighted by Gasteiger charge is -2.31. The predicted molar refractivity (Wildman–Crippen MR) is 80.4 cm³/mol. The molecular weight excluding hydrogens is 236 g/mol. The van der Waals surface area contributed by atoms with Gasteiger partial charge in [0.05, 0.1) is 0 Å². The molecule has 0 radical (unpaired) electrons. The van der Waals surface area contributed by atoms with E-state index in [-0.39, 0.29) is 0 Å². The lowest BCUT2D eigenvalue weighted by molar-refractivity contribution is 0.152. The van der Waals surface area contributed by atoms with Gasteiger partial charge in [-0.15, -0.1) is 0 Å². The monoisotopic (exact) mass is 262 g/mol. The van der Waals surface area contributed by atoms with E-state index in [4.69, 9.17) is 0 Å². The van der Waals surface area contributed by atoms with E-state index in [1.807, 2.05) is 0 Å². The van der Waals surface area contributed by atoms with Crippen molar-refractivity contribution in [2.45, 2.75) is 38.3 Å². The number of anilines is 1. The predicted octanol–water partition coefficient (Wildman–Crippen LogP) is 2.39. The Morgan fingerprint density at radius 3 is 2.47 bits per heavy atom. The molecule has 0 heterocycles. The van der Waals surface area contributed by atoms with Crippen molar-refractivity contribution < 1.29 is 5.11 Å². The van der Waals surface area contributed by atoms with Crippen LogP contribution in [-0.2, 0) is 6.54 Å². The Balaban J connectivity index is 1.87. The summed E-state index contributed by atoms with van der Waals surface area (Å²) < 4.78 is 0. The third-order valence-corrected chi connectivity index (χ3v) is 4.16. The SMILES string of the molecule is CN(C)c1ccc(CNC2CCCCC2CO)cc1. The highest BCUT2D eigenvalue weighted by molar-refractivity contribution is 5.45. The molecule has 1 aliphatic rings. The second-order valence-electron chi connectivity index (χ2n) is 5.78. The molecule has 3 heteroatoms. The van der Waals surface area contributed by atoms with Gasteiger partial charge in [0.25, 0.3) is 0 Å². The summed E-state index contributed by atoms with van der Waals surface area (Å²) in [5.74, 6) is 0.440. The van der Waals surface area contributed by atoms with Gasteiger partial charge in [0.15, 0.2) is 0 Å². The van der Waals surface area contributed by atoms with Crippen LogP contribution in [0.5, 0.6) is 0 Å². The third-order valence-electron chi connectivity index (χ3n) is 4.16. The van der Waals surface area contributed by atoms with Crippen LogP contribution in [0.2, 0.25) is 0 Å². The largest absolute Gasteiger partial charge is 0.396 e. The summed E-state index contributed by atoms with van der Waals surface area (Å²) >= 11 is 0. The summed E-state index contributed by atoms with van der Waals surface area (Å²) in [7, 11) is 4.11. The number of aliphatic hydroxyl groups is 1. The van der Waals surface area contributed by atoms with E-state index in [1.165, 1.54) is 30.5 Å². The second kappa shape index (κ2) is 6.92. The molecule has 1 saturated carbocycles. The molecule has 2 rings (SSSR count). The Hall–Kier alpha value is -1.06. The maximum atomic E-state index is 9.41. The quantitative estimate of drug-likeness (QED) is 0.855. The van der Waals surface area contributed by atoms with E-state index in [1.54, 1.807) is 0 Å². The molecule has 0 bridgehead atoms. The Morgan fingerprint density at radius 1 is 1.16 bits per heavy atom. The van der Waals surface area contributed by atoms with Crippen LogP contribution in [0.15, 0.2) is 24.3 Å². The van der Waals surface area contributed by atoms with Crippen molar-refractivity contribution in [1.29, 1.82) is 0 Å². The van der Waals surface area contributed by atoms with E-state index < -0.39 is 0 Å². The molecule has 19 heavy (non-hydrogen) atoms. The van der Waals surface area contributed by atoms with Gasteiger partial charge in [0, 0.05) is 39.0 Å². The average Bonchev–Trinajstić information content (AvgIpc) is 2.45. The van der Waals surface area contributed by atoms with Gasteiger partial charge in [-0.1, -0.05) is 25.0 Å². The molecule has 1 fully saturated rings. The summed E-state index contributed by atoms with van der Waals surface area (Å²) in [4.78, 5) is 2.11. The average molecular weight is 262 g/mol. The van der Waals surface area contributed by atoms with Gasteiger partial charge < -0.3 is 15.3 Å². The van der Waals surface area contributed by atoms with E-state index in [2.05, 4.69) is 48.6 Å². The van der Waals surface area contributed by atoms with Gasteiger partial charge >= 0.3 is 0 Å². The van der Waals surface area contributed by atoms with Crippen molar-refractivity contribution in [3.63, 3.8) is 0 Å². The molecule has 3 nitrogen and oxygen atoms in total. The first-order valence-electron chi connectivity index (χ1n) is 7.31. The fraction of sp³-hybridized carbons (Fsp3) is 0.625. The molecule has 2 unspecified atom stereocenters. The van der Waals surface area contributed by atoms with Gasteiger partial charge in [-0.2, -0.15) is 0 Å². The summed E-state index contributed by atoms with van der Waals surface area (Å²) in [6.45, 7) is 1.21. The minimum absolute atomic E-state index is 0.317. The van der Waals surface area contributed by atoms with Crippen LogP contribution in [0.1, 0.15) is 31.2 Å². The molecule has 1 aromatic carbocycles. The summed E-state index contributed by atoms with van der Waals surface area (Å²) in [6, 6.07) is 9.15. The molecule has 0 saturated heterocycles. The van der Waals surface area contributed by atoms with Gasteiger partial charge in [-0.3, -0.25) is 0 Å². The molecule has 106 valence electrons. The van der Waals surface area contributed by atoms with Crippen LogP contribution in [0.3, 0.4) is 0 Å². The molecule has 0 amide bonds.